The van der Waals surface area contributed by atoms with E-state index in [9.17, 15) is 18.0 Å². The van der Waals surface area contributed by atoms with E-state index in [-0.39, 0.29) is 21.5 Å². The molecule has 0 amide bonds. The molecule has 3 aromatic carbocycles. The van der Waals surface area contributed by atoms with Crippen molar-refractivity contribution < 1.29 is 22.3 Å². The summed E-state index contributed by atoms with van der Waals surface area (Å²) in [7, 11) is -1.39. The van der Waals surface area contributed by atoms with Gasteiger partial charge in [0.15, 0.2) is 5.58 Å². The molecule has 0 saturated carbocycles. The minimum absolute atomic E-state index is 0.0543. The van der Waals surface area contributed by atoms with Gasteiger partial charge in [-0.3, -0.25) is 9.13 Å². The SMILES string of the molecule is CCCOc1cccc(-n2c(=O)n(S(=O)(=O)c3ccc(OC)c(Br)c3)c3cc4oc(=O)n(C)c4cc32)c1. The molecule has 0 aliphatic heterocycles. The summed E-state index contributed by atoms with van der Waals surface area (Å²) in [6.45, 7) is 2.46. The number of hydrogen-bond acceptors (Lipinski definition) is 7. The van der Waals surface area contributed by atoms with Crippen LogP contribution in [0.1, 0.15) is 13.3 Å². The van der Waals surface area contributed by atoms with Gasteiger partial charge in [-0.2, -0.15) is 3.97 Å². The van der Waals surface area contributed by atoms with Gasteiger partial charge in [-0.05, 0) is 58.7 Å². The van der Waals surface area contributed by atoms with Gasteiger partial charge in [0.05, 0.1) is 45.3 Å². The predicted molar refractivity (Wildman–Crippen MR) is 142 cm³/mol. The minimum Gasteiger partial charge on any atom is -0.496 e. The van der Waals surface area contributed by atoms with Gasteiger partial charge in [0.2, 0.25) is 0 Å². The van der Waals surface area contributed by atoms with Crippen LogP contribution in [0.25, 0.3) is 27.8 Å². The smallest absolute Gasteiger partial charge is 0.419 e. The molecule has 0 bridgehead atoms. The Bertz CT molecular complexity index is 1900. The number of methoxy groups -OCH3 is 1. The topological polar surface area (TPSA) is 115 Å². The van der Waals surface area contributed by atoms with E-state index in [1.54, 1.807) is 30.3 Å². The highest BCUT2D eigenvalue weighted by Gasteiger charge is 2.28. The second-order valence-corrected chi connectivity index (χ2v) is 10.9. The lowest BCUT2D eigenvalue weighted by molar-refractivity contribution is 0.317. The van der Waals surface area contributed by atoms with Gasteiger partial charge in [-0.25, -0.2) is 18.0 Å². The summed E-state index contributed by atoms with van der Waals surface area (Å²) in [4.78, 5) is 25.9. The zero-order valence-corrected chi connectivity index (χ0v) is 22.5. The Hall–Kier alpha value is -3.77. The van der Waals surface area contributed by atoms with E-state index in [4.69, 9.17) is 13.9 Å². The van der Waals surface area contributed by atoms with E-state index in [0.29, 0.717) is 37.8 Å². The first-order valence-electron chi connectivity index (χ1n) is 11.3. The lowest BCUT2D eigenvalue weighted by Gasteiger charge is -2.09. The Balaban J connectivity index is 1.85. The zero-order chi connectivity index (χ0) is 26.5. The van der Waals surface area contributed by atoms with Crippen LogP contribution in [0.4, 0.5) is 0 Å². The van der Waals surface area contributed by atoms with Gasteiger partial charge >= 0.3 is 11.4 Å². The minimum atomic E-state index is -4.39. The Morgan fingerprint density at radius 1 is 1.00 bits per heavy atom. The molecule has 5 rings (SSSR count). The molecule has 2 aromatic heterocycles. The molecule has 192 valence electrons. The fraction of sp³-hybridized carbons (Fsp3) is 0.200. The Morgan fingerprint density at radius 2 is 1.78 bits per heavy atom. The summed E-state index contributed by atoms with van der Waals surface area (Å²) in [5.41, 5.74) is 0.480. The number of imidazole rings is 1. The van der Waals surface area contributed by atoms with Crippen LogP contribution in [0.2, 0.25) is 0 Å². The van der Waals surface area contributed by atoms with Crippen LogP contribution in [0.3, 0.4) is 0 Å². The van der Waals surface area contributed by atoms with E-state index < -0.39 is 21.5 Å². The molecule has 0 aliphatic carbocycles. The van der Waals surface area contributed by atoms with E-state index in [1.807, 2.05) is 6.92 Å². The number of benzene rings is 3. The van der Waals surface area contributed by atoms with Crippen LogP contribution in [0, 0.1) is 0 Å². The van der Waals surface area contributed by atoms with Crippen molar-refractivity contribution in [2.24, 2.45) is 7.05 Å². The van der Waals surface area contributed by atoms with Crippen molar-refractivity contribution in [2.75, 3.05) is 13.7 Å². The molecule has 0 fully saturated rings. The third-order valence-corrected chi connectivity index (χ3v) is 8.23. The van der Waals surface area contributed by atoms with Gasteiger partial charge in [-0.15, -0.1) is 0 Å². The van der Waals surface area contributed by atoms with Crippen LogP contribution in [-0.2, 0) is 17.1 Å². The van der Waals surface area contributed by atoms with E-state index >= 15 is 0 Å². The first-order valence-corrected chi connectivity index (χ1v) is 13.5. The second-order valence-electron chi connectivity index (χ2n) is 8.27. The maximum atomic E-state index is 13.9. The number of halogens is 1. The third-order valence-electron chi connectivity index (χ3n) is 5.92. The van der Waals surface area contributed by atoms with Crippen LogP contribution >= 0.6 is 15.9 Å². The van der Waals surface area contributed by atoms with Gasteiger partial charge in [0.25, 0.3) is 10.0 Å². The van der Waals surface area contributed by atoms with Gasteiger partial charge in [0, 0.05) is 19.2 Å². The van der Waals surface area contributed by atoms with Gasteiger partial charge in [-0.1, -0.05) is 13.0 Å². The quantitative estimate of drug-likeness (QED) is 0.282. The number of oxazole rings is 1. The second kappa shape index (κ2) is 9.27. The lowest BCUT2D eigenvalue weighted by Crippen LogP contribution is -2.29. The number of fused-ring (bicyclic) bond motifs is 2. The van der Waals surface area contributed by atoms with Crippen molar-refractivity contribution in [1.82, 2.24) is 13.1 Å². The molecule has 0 aliphatic rings. The van der Waals surface area contributed by atoms with Crippen LogP contribution in [0.5, 0.6) is 11.5 Å². The number of aryl methyl sites for hydroxylation is 1. The summed E-state index contributed by atoms with van der Waals surface area (Å²) in [5, 5.41) is 0. The molecular weight excluding hydrogens is 566 g/mol. The molecule has 0 spiro atoms. The first-order chi connectivity index (χ1) is 17.7. The Morgan fingerprint density at radius 3 is 2.49 bits per heavy atom. The third kappa shape index (κ3) is 4.05. The average molecular weight is 588 g/mol. The lowest BCUT2D eigenvalue weighted by atomic mass is 10.2. The van der Waals surface area contributed by atoms with Crippen molar-refractivity contribution in [1.29, 1.82) is 0 Å². The van der Waals surface area contributed by atoms with Gasteiger partial charge < -0.3 is 13.9 Å². The van der Waals surface area contributed by atoms with Crippen LogP contribution in [0.15, 0.2) is 78.0 Å². The fourth-order valence-corrected chi connectivity index (χ4v) is 6.22. The first kappa shape index (κ1) is 24.9. The van der Waals surface area contributed by atoms with E-state index in [1.165, 1.54) is 47.6 Å². The summed E-state index contributed by atoms with van der Waals surface area (Å²) in [6.07, 6.45) is 0.797. The van der Waals surface area contributed by atoms with Crippen molar-refractivity contribution >= 4 is 48.1 Å². The highest BCUT2D eigenvalue weighted by Crippen LogP contribution is 2.31. The molecule has 37 heavy (non-hydrogen) atoms. The van der Waals surface area contributed by atoms with Crippen molar-refractivity contribution in [3.63, 3.8) is 0 Å². The molecule has 10 nitrogen and oxygen atoms in total. The molecule has 0 atom stereocenters. The molecule has 12 heteroatoms. The molecular formula is C25H22BrN3O7S. The Kier molecular flexibility index (Phi) is 6.24. The molecule has 0 unspecified atom stereocenters. The highest BCUT2D eigenvalue weighted by molar-refractivity contribution is 9.10. The summed E-state index contributed by atoms with van der Waals surface area (Å²) < 4.78 is 47.6. The van der Waals surface area contributed by atoms with Crippen LogP contribution in [-0.4, -0.2) is 35.2 Å². The molecule has 5 aromatic rings. The summed E-state index contributed by atoms with van der Waals surface area (Å²) in [5.74, 6) is 0.358. The number of rotatable bonds is 7. The zero-order valence-electron chi connectivity index (χ0n) is 20.1. The number of nitrogens with zero attached hydrogens (tertiary/aromatic N) is 3. The van der Waals surface area contributed by atoms with Crippen molar-refractivity contribution in [2.45, 2.75) is 18.2 Å². The number of aromatic nitrogens is 3. The fourth-order valence-electron chi connectivity index (χ4n) is 4.12. The number of ether oxygens (including phenoxy) is 2. The molecule has 2 heterocycles. The largest absolute Gasteiger partial charge is 0.496 e. The van der Waals surface area contributed by atoms with E-state index in [0.717, 1.165) is 6.42 Å². The number of hydrogen-bond donors (Lipinski definition) is 0. The maximum Gasteiger partial charge on any atom is 0.419 e. The summed E-state index contributed by atoms with van der Waals surface area (Å²) in [6, 6.07) is 14.0. The predicted octanol–water partition coefficient (Wildman–Crippen LogP) is 4.03. The monoisotopic (exact) mass is 587 g/mol. The van der Waals surface area contributed by atoms with Crippen molar-refractivity contribution in [3.8, 4) is 17.2 Å². The average Bonchev–Trinajstić information content (AvgIpc) is 3.32. The normalized spacial score (nSPS) is 11.9. The summed E-state index contributed by atoms with van der Waals surface area (Å²) >= 11 is 3.31. The van der Waals surface area contributed by atoms with Gasteiger partial charge in [0.1, 0.15) is 11.5 Å². The molecule has 0 radical (unpaired) electrons. The standard InChI is InChI=1S/C25H22BrN3O7S/c1-4-10-35-16-7-5-6-15(11-16)28-19-13-21-23(36-25(31)27(21)2)14-20(19)29(24(28)30)37(32,33)17-8-9-22(34-3)18(26)12-17/h5-9,11-14H,4,10H2,1-3H3. The highest BCUT2D eigenvalue weighted by atomic mass is 79.9. The Labute approximate surface area is 219 Å². The van der Waals surface area contributed by atoms with Crippen molar-refractivity contribution in [3.05, 3.63) is 80.1 Å². The van der Waals surface area contributed by atoms with E-state index in [2.05, 4.69) is 15.9 Å². The molecule has 0 N–H and O–H groups in total. The maximum absolute atomic E-state index is 13.9. The van der Waals surface area contributed by atoms with Crippen LogP contribution < -0.4 is 20.9 Å². The molecule has 0 saturated heterocycles.